The Bertz CT molecular complexity index is 256. The summed E-state index contributed by atoms with van der Waals surface area (Å²) in [4.78, 5) is 11.6. The van der Waals surface area contributed by atoms with Crippen molar-refractivity contribution in [1.82, 2.24) is 0 Å². The highest BCUT2D eigenvalue weighted by Gasteiger charge is 2.61. The third kappa shape index (κ3) is 1.48. The third-order valence-electron chi connectivity index (χ3n) is 3.50. The molecule has 0 aromatic rings. The standard InChI is InChI=1S/C10H18O2Si/c1-10-6-7(13(2,3)4)5-8(11)9(10)12-10/h7,9H,5-6H2,1-4H3/t7-,9+,10-/m1/s1. The van der Waals surface area contributed by atoms with E-state index in [1.165, 1.54) is 0 Å². The summed E-state index contributed by atoms with van der Waals surface area (Å²) in [6.07, 6.45) is 1.84. The Kier molecular flexibility index (Phi) is 1.77. The van der Waals surface area contributed by atoms with Gasteiger partial charge in [0.1, 0.15) is 6.10 Å². The van der Waals surface area contributed by atoms with Crippen LogP contribution in [0, 0.1) is 0 Å². The number of carbonyl (C=O) groups is 1. The summed E-state index contributed by atoms with van der Waals surface area (Å²) in [5.74, 6) is 0.348. The molecule has 3 atom stereocenters. The van der Waals surface area contributed by atoms with Gasteiger partial charge in [-0.15, -0.1) is 0 Å². The maximum absolute atomic E-state index is 11.6. The van der Waals surface area contributed by atoms with Gasteiger partial charge in [0.25, 0.3) is 0 Å². The van der Waals surface area contributed by atoms with E-state index in [0.717, 1.165) is 12.8 Å². The second-order valence-electron chi connectivity index (χ2n) is 5.75. The highest BCUT2D eigenvalue weighted by atomic mass is 28.3. The lowest BCUT2D eigenvalue weighted by Gasteiger charge is -2.32. The van der Waals surface area contributed by atoms with Gasteiger partial charge in [-0.3, -0.25) is 4.79 Å². The number of carbonyl (C=O) groups excluding carboxylic acids is 1. The fraction of sp³-hybridized carbons (Fsp3) is 0.900. The summed E-state index contributed by atoms with van der Waals surface area (Å²) < 4.78 is 5.48. The van der Waals surface area contributed by atoms with Gasteiger partial charge in [-0.05, 0) is 18.9 Å². The van der Waals surface area contributed by atoms with E-state index in [2.05, 4.69) is 26.6 Å². The van der Waals surface area contributed by atoms with Crippen LogP contribution in [0.3, 0.4) is 0 Å². The smallest absolute Gasteiger partial charge is 0.164 e. The van der Waals surface area contributed by atoms with Crippen molar-refractivity contribution in [2.24, 2.45) is 0 Å². The Morgan fingerprint density at radius 3 is 2.54 bits per heavy atom. The molecule has 1 heterocycles. The molecule has 0 aromatic carbocycles. The van der Waals surface area contributed by atoms with Crippen LogP contribution in [-0.2, 0) is 9.53 Å². The Balaban J connectivity index is 2.14. The Morgan fingerprint density at radius 2 is 2.08 bits per heavy atom. The fourth-order valence-electron chi connectivity index (χ4n) is 2.32. The summed E-state index contributed by atoms with van der Waals surface area (Å²) >= 11 is 0. The zero-order valence-corrected chi connectivity index (χ0v) is 9.89. The van der Waals surface area contributed by atoms with Crippen molar-refractivity contribution >= 4 is 13.9 Å². The Morgan fingerprint density at radius 1 is 1.46 bits per heavy atom. The van der Waals surface area contributed by atoms with Gasteiger partial charge in [0.15, 0.2) is 5.78 Å². The van der Waals surface area contributed by atoms with Crippen LogP contribution in [0.25, 0.3) is 0 Å². The van der Waals surface area contributed by atoms with E-state index in [9.17, 15) is 4.79 Å². The zero-order valence-electron chi connectivity index (χ0n) is 8.89. The van der Waals surface area contributed by atoms with Crippen LogP contribution < -0.4 is 0 Å². The summed E-state index contributed by atoms with van der Waals surface area (Å²) in [6, 6.07) is 0. The van der Waals surface area contributed by atoms with E-state index in [4.69, 9.17) is 4.74 Å². The molecule has 13 heavy (non-hydrogen) atoms. The van der Waals surface area contributed by atoms with Crippen molar-refractivity contribution < 1.29 is 9.53 Å². The number of hydrogen-bond donors (Lipinski definition) is 0. The predicted molar refractivity (Wildman–Crippen MR) is 54.6 cm³/mol. The number of rotatable bonds is 1. The molecule has 1 saturated carbocycles. The normalized spacial score (nSPS) is 44.5. The fourth-order valence-corrected chi connectivity index (χ4v) is 4.15. The van der Waals surface area contributed by atoms with Crippen LogP contribution in [0.4, 0.5) is 0 Å². The molecule has 0 radical (unpaired) electrons. The number of fused-ring (bicyclic) bond motifs is 1. The van der Waals surface area contributed by atoms with Gasteiger partial charge < -0.3 is 4.74 Å². The predicted octanol–water partition coefficient (Wildman–Crippen LogP) is 2.22. The summed E-state index contributed by atoms with van der Waals surface area (Å²) in [6.45, 7) is 9.12. The number of epoxide rings is 1. The maximum atomic E-state index is 11.6. The zero-order chi connectivity index (χ0) is 9.85. The van der Waals surface area contributed by atoms with E-state index < -0.39 is 8.07 Å². The van der Waals surface area contributed by atoms with Crippen molar-refractivity contribution in [3.8, 4) is 0 Å². The average Bonchev–Trinajstić information content (AvgIpc) is 2.59. The van der Waals surface area contributed by atoms with Crippen LogP contribution in [0.2, 0.25) is 25.2 Å². The molecule has 2 aliphatic rings. The minimum atomic E-state index is -1.16. The van der Waals surface area contributed by atoms with Crippen molar-refractivity contribution in [3.63, 3.8) is 0 Å². The second-order valence-corrected chi connectivity index (χ2v) is 11.3. The van der Waals surface area contributed by atoms with Crippen LogP contribution in [-0.4, -0.2) is 25.6 Å². The molecule has 0 spiro atoms. The number of ether oxygens (including phenoxy) is 1. The van der Waals surface area contributed by atoms with Crippen molar-refractivity contribution in [2.75, 3.05) is 0 Å². The van der Waals surface area contributed by atoms with Crippen LogP contribution in [0.5, 0.6) is 0 Å². The highest BCUT2D eigenvalue weighted by Crippen LogP contribution is 2.52. The first-order valence-electron chi connectivity index (χ1n) is 5.03. The Hall–Kier alpha value is -0.153. The molecule has 0 bridgehead atoms. The summed E-state index contributed by atoms with van der Waals surface area (Å²) in [5, 5.41) is 0. The van der Waals surface area contributed by atoms with E-state index >= 15 is 0 Å². The van der Waals surface area contributed by atoms with E-state index in [1.807, 2.05) is 0 Å². The first kappa shape index (κ1) is 9.40. The molecule has 2 nitrogen and oxygen atoms in total. The van der Waals surface area contributed by atoms with Crippen LogP contribution in [0.15, 0.2) is 0 Å². The third-order valence-corrected chi connectivity index (χ3v) is 6.36. The second kappa shape index (κ2) is 2.45. The van der Waals surface area contributed by atoms with Crippen LogP contribution in [0.1, 0.15) is 19.8 Å². The number of Topliss-reactive ketones (excluding diaryl/α,β-unsaturated/α-hetero) is 1. The molecule has 2 rings (SSSR count). The topological polar surface area (TPSA) is 29.6 Å². The molecule has 1 saturated heterocycles. The first-order valence-corrected chi connectivity index (χ1v) is 8.61. The molecular weight excluding hydrogens is 180 g/mol. The molecule has 0 N–H and O–H groups in total. The monoisotopic (exact) mass is 198 g/mol. The number of ketones is 1. The Labute approximate surface area is 80.7 Å². The molecular formula is C10H18O2Si. The average molecular weight is 198 g/mol. The lowest BCUT2D eigenvalue weighted by molar-refractivity contribution is -0.120. The van der Waals surface area contributed by atoms with Crippen molar-refractivity contribution in [3.05, 3.63) is 0 Å². The van der Waals surface area contributed by atoms with Gasteiger partial charge in [0.2, 0.25) is 0 Å². The highest BCUT2D eigenvalue weighted by molar-refractivity contribution is 6.77. The van der Waals surface area contributed by atoms with Crippen LogP contribution >= 0.6 is 0 Å². The maximum Gasteiger partial charge on any atom is 0.164 e. The van der Waals surface area contributed by atoms with E-state index in [1.54, 1.807) is 0 Å². The van der Waals surface area contributed by atoms with E-state index in [0.29, 0.717) is 11.3 Å². The van der Waals surface area contributed by atoms with Crippen molar-refractivity contribution in [2.45, 2.75) is 56.7 Å². The SMILES string of the molecule is C[C@@]12C[C@H]([Si](C)(C)C)CC(=O)[C@@H]1O2. The minimum absolute atomic E-state index is 0.0416. The van der Waals surface area contributed by atoms with Gasteiger partial charge in [0, 0.05) is 14.5 Å². The molecule has 74 valence electrons. The largest absolute Gasteiger partial charge is 0.358 e. The minimum Gasteiger partial charge on any atom is -0.358 e. The first-order chi connectivity index (χ1) is 5.83. The molecule has 0 unspecified atom stereocenters. The van der Waals surface area contributed by atoms with Gasteiger partial charge in [0.05, 0.1) is 5.60 Å². The number of hydrogen-bond acceptors (Lipinski definition) is 2. The molecule has 1 aliphatic carbocycles. The lowest BCUT2D eigenvalue weighted by atomic mass is 9.89. The van der Waals surface area contributed by atoms with Crippen molar-refractivity contribution in [1.29, 1.82) is 0 Å². The quantitative estimate of drug-likeness (QED) is 0.477. The van der Waals surface area contributed by atoms with Gasteiger partial charge in [-0.1, -0.05) is 19.6 Å². The van der Waals surface area contributed by atoms with Gasteiger partial charge in [-0.2, -0.15) is 0 Å². The summed E-state index contributed by atoms with van der Waals surface area (Å²) in [7, 11) is -1.16. The molecule has 0 amide bonds. The lowest BCUT2D eigenvalue weighted by Crippen LogP contribution is -2.38. The van der Waals surface area contributed by atoms with Gasteiger partial charge >= 0.3 is 0 Å². The molecule has 3 heteroatoms. The van der Waals surface area contributed by atoms with E-state index in [-0.39, 0.29) is 11.7 Å². The molecule has 1 aliphatic heterocycles. The summed E-state index contributed by atoms with van der Waals surface area (Å²) in [5.41, 5.74) is 0.559. The molecule has 2 fully saturated rings. The molecule has 0 aromatic heterocycles. The van der Waals surface area contributed by atoms with Gasteiger partial charge in [-0.25, -0.2) is 0 Å².